The van der Waals surface area contributed by atoms with Crippen LogP contribution in [0.25, 0.3) is 0 Å². The van der Waals surface area contributed by atoms with E-state index in [4.69, 9.17) is 23.2 Å². The van der Waals surface area contributed by atoms with Crippen molar-refractivity contribution in [3.8, 4) is 0 Å². The standard InChI is InChI=1S/C9H9Cl2NO2/c1-14-9(13)12-8-4-2-3-7(11)6(8)5-10/h2-4H,5H2,1H3,(H,12,13). The van der Waals surface area contributed by atoms with E-state index in [1.54, 1.807) is 18.2 Å². The Hall–Kier alpha value is -0.930. The first-order valence-electron chi connectivity index (χ1n) is 3.87. The van der Waals surface area contributed by atoms with Crippen molar-refractivity contribution in [2.75, 3.05) is 12.4 Å². The molecule has 0 saturated heterocycles. The molecule has 0 fully saturated rings. The Bertz CT molecular complexity index is 342. The van der Waals surface area contributed by atoms with Crippen molar-refractivity contribution in [1.29, 1.82) is 0 Å². The maximum Gasteiger partial charge on any atom is 0.411 e. The molecule has 0 aliphatic carbocycles. The highest BCUT2D eigenvalue weighted by atomic mass is 35.5. The normalized spacial score (nSPS) is 9.64. The van der Waals surface area contributed by atoms with Gasteiger partial charge in [0.25, 0.3) is 0 Å². The third-order valence-electron chi connectivity index (χ3n) is 1.67. The van der Waals surface area contributed by atoms with Crippen LogP contribution in [0.5, 0.6) is 0 Å². The summed E-state index contributed by atoms with van der Waals surface area (Å²) < 4.78 is 4.46. The van der Waals surface area contributed by atoms with E-state index in [1.807, 2.05) is 0 Å². The zero-order chi connectivity index (χ0) is 10.6. The molecule has 1 aromatic rings. The lowest BCUT2D eigenvalue weighted by Gasteiger charge is -2.09. The van der Waals surface area contributed by atoms with Gasteiger partial charge in [-0.05, 0) is 12.1 Å². The summed E-state index contributed by atoms with van der Waals surface area (Å²) in [6, 6.07) is 5.14. The molecule has 0 saturated carbocycles. The van der Waals surface area contributed by atoms with Crippen molar-refractivity contribution in [3.63, 3.8) is 0 Å². The van der Waals surface area contributed by atoms with Crippen molar-refractivity contribution in [1.82, 2.24) is 0 Å². The Labute approximate surface area is 92.0 Å². The number of anilines is 1. The maximum atomic E-state index is 10.9. The van der Waals surface area contributed by atoms with Crippen LogP contribution in [0, 0.1) is 0 Å². The SMILES string of the molecule is COC(=O)Nc1cccc(Cl)c1CCl. The van der Waals surface area contributed by atoms with Gasteiger partial charge in [-0.1, -0.05) is 17.7 Å². The van der Waals surface area contributed by atoms with Gasteiger partial charge in [-0.25, -0.2) is 4.79 Å². The highest BCUT2D eigenvalue weighted by Gasteiger charge is 2.08. The maximum absolute atomic E-state index is 10.9. The third kappa shape index (κ3) is 2.53. The van der Waals surface area contributed by atoms with Gasteiger partial charge in [0, 0.05) is 16.3 Å². The number of methoxy groups -OCH3 is 1. The van der Waals surface area contributed by atoms with Crippen molar-refractivity contribution in [2.24, 2.45) is 0 Å². The smallest absolute Gasteiger partial charge is 0.411 e. The second-order valence-corrected chi connectivity index (χ2v) is 3.19. The summed E-state index contributed by atoms with van der Waals surface area (Å²) in [4.78, 5) is 10.9. The first-order chi connectivity index (χ1) is 6.69. The molecule has 0 heterocycles. The number of carbonyl (C=O) groups excluding carboxylic acids is 1. The number of rotatable bonds is 2. The molecule has 1 amide bonds. The molecule has 76 valence electrons. The fraction of sp³-hybridized carbons (Fsp3) is 0.222. The van der Waals surface area contributed by atoms with Gasteiger partial charge in [0.1, 0.15) is 0 Å². The van der Waals surface area contributed by atoms with Crippen LogP contribution in [0.15, 0.2) is 18.2 Å². The molecule has 3 nitrogen and oxygen atoms in total. The van der Waals surface area contributed by atoms with Crippen LogP contribution < -0.4 is 5.32 Å². The Balaban J connectivity index is 2.96. The fourth-order valence-electron chi connectivity index (χ4n) is 0.973. The van der Waals surface area contributed by atoms with Crippen LogP contribution in [0.1, 0.15) is 5.56 Å². The second kappa shape index (κ2) is 5.08. The number of benzene rings is 1. The van der Waals surface area contributed by atoms with Crippen LogP contribution in [0.4, 0.5) is 10.5 Å². The Morgan fingerprint density at radius 2 is 2.29 bits per heavy atom. The minimum atomic E-state index is -0.543. The van der Waals surface area contributed by atoms with Gasteiger partial charge in [0.05, 0.1) is 13.0 Å². The molecule has 1 N–H and O–H groups in total. The predicted molar refractivity (Wildman–Crippen MR) is 57.0 cm³/mol. The van der Waals surface area contributed by atoms with Gasteiger partial charge in [0.15, 0.2) is 0 Å². The van der Waals surface area contributed by atoms with Gasteiger partial charge in [-0.2, -0.15) is 0 Å². The lowest BCUT2D eigenvalue weighted by atomic mass is 10.2. The second-order valence-electron chi connectivity index (χ2n) is 2.52. The van der Waals surface area contributed by atoms with Gasteiger partial charge in [0.2, 0.25) is 0 Å². The van der Waals surface area contributed by atoms with E-state index in [1.165, 1.54) is 7.11 Å². The molecule has 0 atom stereocenters. The summed E-state index contributed by atoms with van der Waals surface area (Å²) in [6.45, 7) is 0. The summed E-state index contributed by atoms with van der Waals surface area (Å²) in [6.07, 6.45) is -0.543. The molecule has 0 spiro atoms. The quantitative estimate of drug-likeness (QED) is 0.797. The molecule has 0 aliphatic heterocycles. The lowest BCUT2D eigenvalue weighted by molar-refractivity contribution is 0.187. The Kier molecular flexibility index (Phi) is 4.04. The number of ether oxygens (including phenoxy) is 1. The van der Waals surface area contributed by atoms with E-state index >= 15 is 0 Å². The average Bonchev–Trinajstić information content (AvgIpc) is 2.18. The number of alkyl halides is 1. The van der Waals surface area contributed by atoms with Crippen LogP contribution >= 0.6 is 23.2 Å². The zero-order valence-electron chi connectivity index (χ0n) is 7.51. The predicted octanol–water partition coefficient (Wildman–Crippen LogP) is 3.26. The minimum Gasteiger partial charge on any atom is -0.453 e. The first kappa shape index (κ1) is 11.1. The summed E-state index contributed by atoms with van der Waals surface area (Å²) in [5.41, 5.74) is 1.25. The van der Waals surface area contributed by atoms with Gasteiger partial charge in [-0.3, -0.25) is 5.32 Å². The molecule has 14 heavy (non-hydrogen) atoms. The molecule has 1 rings (SSSR count). The molecule has 1 aromatic carbocycles. The summed E-state index contributed by atoms with van der Waals surface area (Å²) in [5, 5.41) is 3.04. The first-order valence-corrected chi connectivity index (χ1v) is 4.78. The minimum absolute atomic E-state index is 0.235. The average molecular weight is 234 g/mol. The van der Waals surface area contributed by atoms with E-state index in [0.717, 1.165) is 0 Å². The number of hydrogen-bond acceptors (Lipinski definition) is 2. The molecule has 0 aliphatic rings. The number of halogens is 2. The Morgan fingerprint density at radius 1 is 1.57 bits per heavy atom. The van der Waals surface area contributed by atoms with Crippen LogP contribution in [-0.4, -0.2) is 13.2 Å². The number of hydrogen-bond donors (Lipinski definition) is 1. The van der Waals surface area contributed by atoms with E-state index in [-0.39, 0.29) is 5.88 Å². The number of nitrogens with one attached hydrogen (secondary N) is 1. The van der Waals surface area contributed by atoms with E-state index in [2.05, 4.69) is 10.1 Å². The van der Waals surface area contributed by atoms with E-state index in [9.17, 15) is 4.79 Å². The largest absolute Gasteiger partial charge is 0.453 e. The third-order valence-corrected chi connectivity index (χ3v) is 2.30. The van der Waals surface area contributed by atoms with E-state index < -0.39 is 6.09 Å². The summed E-state index contributed by atoms with van der Waals surface area (Å²) in [5.74, 6) is 0.235. The summed E-state index contributed by atoms with van der Waals surface area (Å²) >= 11 is 11.6. The highest BCUT2D eigenvalue weighted by Crippen LogP contribution is 2.25. The number of amides is 1. The molecular formula is C9H9Cl2NO2. The number of carbonyl (C=O) groups is 1. The highest BCUT2D eigenvalue weighted by molar-refractivity contribution is 6.32. The molecule has 0 aromatic heterocycles. The van der Waals surface area contributed by atoms with Crippen molar-refractivity contribution in [3.05, 3.63) is 28.8 Å². The molecule has 5 heteroatoms. The molecule has 0 radical (unpaired) electrons. The van der Waals surface area contributed by atoms with Crippen molar-refractivity contribution < 1.29 is 9.53 Å². The van der Waals surface area contributed by atoms with Gasteiger partial charge >= 0.3 is 6.09 Å². The van der Waals surface area contributed by atoms with Crippen LogP contribution in [0.2, 0.25) is 5.02 Å². The summed E-state index contributed by atoms with van der Waals surface area (Å²) in [7, 11) is 1.29. The molecule has 0 bridgehead atoms. The van der Waals surface area contributed by atoms with Crippen LogP contribution in [-0.2, 0) is 10.6 Å². The Morgan fingerprint density at radius 3 is 2.86 bits per heavy atom. The van der Waals surface area contributed by atoms with Gasteiger partial charge < -0.3 is 4.74 Å². The fourth-order valence-corrected chi connectivity index (χ4v) is 1.57. The lowest BCUT2D eigenvalue weighted by Crippen LogP contribution is -2.12. The van der Waals surface area contributed by atoms with Gasteiger partial charge in [-0.15, -0.1) is 11.6 Å². The monoisotopic (exact) mass is 233 g/mol. The van der Waals surface area contributed by atoms with Crippen molar-refractivity contribution in [2.45, 2.75) is 5.88 Å². The van der Waals surface area contributed by atoms with Crippen molar-refractivity contribution >= 4 is 35.0 Å². The van der Waals surface area contributed by atoms with Crippen LogP contribution in [0.3, 0.4) is 0 Å². The molecular weight excluding hydrogens is 225 g/mol. The van der Waals surface area contributed by atoms with E-state index in [0.29, 0.717) is 16.3 Å². The topological polar surface area (TPSA) is 38.3 Å². The molecule has 0 unspecified atom stereocenters. The zero-order valence-corrected chi connectivity index (χ0v) is 9.02.